The molecule has 0 bridgehead atoms. The van der Waals surface area contributed by atoms with Crippen LogP contribution in [0, 0.1) is 5.82 Å². The van der Waals surface area contributed by atoms with E-state index in [1.165, 1.54) is 35.6 Å². The van der Waals surface area contributed by atoms with Crippen LogP contribution in [0.4, 0.5) is 9.52 Å². The lowest BCUT2D eigenvalue weighted by Crippen LogP contribution is -2.28. The quantitative estimate of drug-likeness (QED) is 0.693. The summed E-state index contributed by atoms with van der Waals surface area (Å²) in [6, 6.07) is 9.03. The van der Waals surface area contributed by atoms with Crippen LogP contribution >= 0.6 is 11.3 Å². The van der Waals surface area contributed by atoms with E-state index in [0.717, 1.165) is 22.6 Å². The molecule has 0 spiro atoms. The van der Waals surface area contributed by atoms with Crippen LogP contribution < -0.4 is 10.6 Å². The Bertz CT molecular complexity index is 1000. The molecule has 1 atom stereocenters. The highest BCUT2D eigenvalue weighted by molar-refractivity contribution is 7.16. The summed E-state index contributed by atoms with van der Waals surface area (Å²) in [5, 5.41) is 6.10. The summed E-state index contributed by atoms with van der Waals surface area (Å²) in [4.78, 5) is 34.4. The van der Waals surface area contributed by atoms with Gasteiger partial charge in [-0.05, 0) is 48.7 Å². The average Bonchev–Trinajstić information content (AvgIpc) is 3.27. The minimum absolute atomic E-state index is 0.0793. The molecule has 142 valence electrons. The van der Waals surface area contributed by atoms with Crippen LogP contribution in [0.25, 0.3) is 0 Å². The normalized spacial score (nSPS) is 15.1. The lowest BCUT2D eigenvalue weighted by atomic mass is 10.1. The summed E-state index contributed by atoms with van der Waals surface area (Å²) < 4.78 is 13.0. The molecule has 1 aromatic carbocycles. The second kappa shape index (κ2) is 7.85. The van der Waals surface area contributed by atoms with E-state index in [9.17, 15) is 14.0 Å². The van der Waals surface area contributed by atoms with Crippen LogP contribution in [0.1, 0.15) is 38.8 Å². The summed E-state index contributed by atoms with van der Waals surface area (Å²) in [5.74, 6) is -1.15. The monoisotopic (exact) mass is 396 g/mol. The third-order valence-corrected chi connectivity index (χ3v) is 5.60. The first-order valence-electron chi connectivity index (χ1n) is 8.83. The maximum atomic E-state index is 13.0. The molecule has 0 radical (unpaired) electrons. The van der Waals surface area contributed by atoms with Gasteiger partial charge in [0.2, 0.25) is 5.91 Å². The summed E-state index contributed by atoms with van der Waals surface area (Å²) >= 11 is 1.38. The predicted molar refractivity (Wildman–Crippen MR) is 104 cm³/mol. The minimum atomic E-state index is -0.398. The zero-order valence-electron chi connectivity index (χ0n) is 14.8. The van der Waals surface area contributed by atoms with Crippen LogP contribution in [0.15, 0.2) is 48.8 Å². The molecule has 6 nitrogen and oxygen atoms in total. The largest absolute Gasteiger partial charge is 0.351 e. The number of halogens is 1. The molecule has 0 saturated carbocycles. The van der Waals surface area contributed by atoms with Crippen molar-refractivity contribution in [2.75, 3.05) is 5.32 Å². The number of pyridine rings is 1. The number of fused-ring (bicyclic) bond motifs is 1. The fourth-order valence-electron chi connectivity index (χ4n) is 3.12. The molecule has 0 saturated heterocycles. The van der Waals surface area contributed by atoms with Gasteiger partial charge in [-0.15, -0.1) is 11.3 Å². The summed E-state index contributed by atoms with van der Waals surface area (Å²) in [7, 11) is 0. The summed E-state index contributed by atoms with van der Waals surface area (Å²) in [6.45, 7) is 0.413. The van der Waals surface area contributed by atoms with E-state index in [2.05, 4.69) is 20.6 Å². The lowest BCUT2D eigenvalue weighted by molar-refractivity contribution is -0.122. The van der Waals surface area contributed by atoms with Gasteiger partial charge in [-0.2, -0.15) is 0 Å². The Balaban J connectivity index is 1.41. The van der Waals surface area contributed by atoms with Gasteiger partial charge in [-0.25, -0.2) is 9.37 Å². The maximum absolute atomic E-state index is 13.0. The number of amides is 2. The number of carbonyl (C=O) groups is 2. The number of anilines is 1. The number of benzene rings is 1. The van der Waals surface area contributed by atoms with Crippen molar-refractivity contribution < 1.29 is 14.0 Å². The van der Waals surface area contributed by atoms with Gasteiger partial charge in [0.15, 0.2) is 5.13 Å². The summed E-state index contributed by atoms with van der Waals surface area (Å²) in [5.41, 5.74) is 2.00. The van der Waals surface area contributed by atoms with Crippen molar-refractivity contribution in [3.05, 3.63) is 76.3 Å². The Morgan fingerprint density at radius 1 is 1.21 bits per heavy atom. The summed E-state index contributed by atoms with van der Waals surface area (Å²) in [6.07, 6.45) is 4.86. The van der Waals surface area contributed by atoms with Crippen molar-refractivity contribution in [2.45, 2.75) is 25.3 Å². The van der Waals surface area contributed by atoms with Crippen molar-refractivity contribution in [2.24, 2.45) is 0 Å². The zero-order valence-corrected chi connectivity index (χ0v) is 15.6. The average molecular weight is 396 g/mol. The predicted octanol–water partition coefficient (Wildman–Crippen LogP) is 3.28. The number of hydrogen-bond donors (Lipinski definition) is 2. The number of hydrogen-bond acceptors (Lipinski definition) is 5. The molecule has 3 aromatic rings. The molecule has 1 aliphatic carbocycles. The molecule has 28 heavy (non-hydrogen) atoms. The molecule has 0 unspecified atom stereocenters. The molecular formula is C20H17FN4O2S. The van der Waals surface area contributed by atoms with E-state index in [4.69, 9.17) is 0 Å². The zero-order chi connectivity index (χ0) is 19.5. The first-order chi connectivity index (χ1) is 13.6. The number of carbonyl (C=O) groups excluding carboxylic acids is 2. The smallest absolute Gasteiger partial charge is 0.257 e. The molecule has 2 heterocycles. The van der Waals surface area contributed by atoms with Crippen LogP contribution in [-0.4, -0.2) is 21.8 Å². The Hall–Kier alpha value is -3.13. The second-order valence-corrected chi connectivity index (χ2v) is 7.54. The van der Waals surface area contributed by atoms with Crippen molar-refractivity contribution in [1.29, 1.82) is 0 Å². The van der Waals surface area contributed by atoms with Crippen LogP contribution in [0.2, 0.25) is 0 Å². The topological polar surface area (TPSA) is 84.0 Å². The number of nitrogens with one attached hydrogen (secondary N) is 2. The van der Waals surface area contributed by atoms with E-state index in [-0.39, 0.29) is 17.7 Å². The van der Waals surface area contributed by atoms with Gasteiger partial charge in [-0.1, -0.05) is 6.07 Å². The lowest BCUT2D eigenvalue weighted by Gasteiger charge is -2.10. The Morgan fingerprint density at radius 3 is 2.79 bits per heavy atom. The third-order valence-electron chi connectivity index (χ3n) is 4.55. The highest BCUT2D eigenvalue weighted by Crippen LogP contribution is 2.38. The number of rotatable bonds is 5. The fraction of sp³-hybridized carbons (Fsp3) is 0.200. The van der Waals surface area contributed by atoms with E-state index >= 15 is 0 Å². The molecule has 2 N–H and O–H groups in total. The van der Waals surface area contributed by atoms with Gasteiger partial charge in [-0.3, -0.25) is 19.9 Å². The number of nitrogens with zero attached hydrogens (tertiary/aromatic N) is 2. The standard InChI is InChI=1S/C20H17FN4O2S/c21-14-5-3-13(4-6-14)18(26)25-20-24-17-15(7-8-16(17)28-20)19(27)23-11-12-2-1-9-22-10-12/h1-6,9-10,15H,7-8,11H2,(H,23,27)(H,24,25,26)/t15-/m1/s1. The van der Waals surface area contributed by atoms with Gasteiger partial charge in [0, 0.05) is 29.4 Å². The van der Waals surface area contributed by atoms with E-state index in [1.54, 1.807) is 12.4 Å². The van der Waals surface area contributed by atoms with Gasteiger partial charge in [0.1, 0.15) is 5.82 Å². The molecule has 4 rings (SSSR count). The van der Waals surface area contributed by atoms with Crippen molar-refractivity contribution in [3.63, 3.8) is 0 Å². The number of aryl methyl sites for hydroxylation is 1. The highest BCUT2D eigenvalue weighted by Gasteiger charge is 2.32. The third kappa shape index (κ3) is 3.91. The van der Waals surface area contributed by atoms with Crippen molar-refractivity contribution >= 4 is 28.3 Å². The second-order valence-electron chi connectivity index (χ2n) is 6.46. The molecule has 1 aliphatic rings. The van der Waals surface area contributed by atoms with Crippen LogP contribution in [0.3, 0.4) is 0 Å². The molecule has 2 aromatic heterocycles. The highest BCUT2D eigenvalue weighted by atomic mass is 32.1. The van der Waals surface area contributed by atoms with Gasteiger partial charge >= 0.3 is 0 Å². The van der Waals surface area contributed by atoms with Crippen molar-refractivity contribution in [3.8, 4) is 0 Å². The first kappa shape index (κ1) is 18.2. The van der Waals surface area contributed by atoms with E-state index < -0.39 is 5.82 Å². The minimum Gasteiger partial charge on any atom is -0.351 e. The molecular weight excluding hydrogens is 379 g/mol. The molecule has 0 fully saturated rings. The first-order valence-corrected chi connectivity index (χ1v) is 9.65. The Morgan fingerprint density at radius 2 is 2.04 bits per heavy atom. The Labute approximate surface area is 164 Å². The van der Waals surface area contributed by atoms with Crippen LogP contribution in [-0.2, 0) is 17.8 Å². The fourth-order valence-corrected chi connectivity index (χ4v) is 4.15. The van der Waals surface area contributed by atoms with Gasteiger partial charge < -0.3 is 5.32 Å². The van der Waals surface area contributed by atoms with E-state index in [0.29, 0.717) is 23.7 Å². The van der Waals surface area contributed by atoms with Gasteiger partial charge in [0.05, 0.1) is 11.6 Å². The Kier molecular flexibility index (Phi) is 5.12. The number of aromatic nitrogens is 2. The van der Waals surface area contributed by atoms with Gasteiger partial charge in [0.25, 0.3) is 5.91 Å². The molecule has 8 heteroatoms. The SMILES string of the molecule is O=C(Nc1nc2c(s1)CC[C@H]2C(=O)NCc1cccnc1)c1ccc(F)cc1. The van der Waals surface area contributed by atoms with Crippen molar-refractivity contribution in [1.82, 2.24) is 15.3 Å². The number of thiazole rings is 1. The van der Waals surface area contributed by atoms with E-state index in [1.807, 2.05) is 12.1 Å². The molecule has 0 aliphatic heterocycles. The van der Waals surface area contributed by atoms with Crippen LogP contribution in [0.5, 0.6) is 0 Å². The molecule has 2 amide bonds. The maximum Gasteiger partial charge on any atom is 0.257 e.